The Hall–Kier alpha value is -3.80. The predicted molar refractivity (Wildman–Crippen MR) is 123 cm³/mol. The minimum absolute atomic E-state index is 0.0250. The van der Waals surface area contributed by atoms with E-state index in [-0.39, 0.29) is 23.6 Å². The molecule has 9 heteroatoms. The second-order valence-corrected chi connectivity index (χ2v) is 8.99. The Labute approximate surface area is 196 Å². The molecule has 0 aliphatic heterocycles. The molecular formula is C25H25FN6O2. The monoisotopic (exact) mass is 460 g/mol. The molecule has 3 aromatic heterocycles. The van der Waals surface area contributed by atoms with Gasteiger partial charge in [-0.05, 0) is 38.7 Å². The van der Waals surface area contributed by atoms with Crippen LogP contribution in [0.3, 0.4) is 0 Å². The minimum Gasteiger partial charge on any atom is -0.474 e. The molecule has 174 valence electrons. The van der Waals surface area contributed by atoms with Gasteiger partial charge in [0.05, 0.1) is 17.8 Å². The molecule has 1 fully saturated rings. The van der Waals surface area contributed by atoms with Crippen molar-refractivity contribution < 1.29 is 13.7 Å². The largest absolute Gasteiger partial charge is 0.474 e. The molecule has 1 aliphatic rings. The molecule has 0 bridgehead atoms. The van der Waals surface area contributed by atoms with E-state index < -0.39 is 5.82 Å². The first kappa shape index (κ1) is 22.0. The molecule has 8 nitrogen and oxygen atoms in total. The Balaban J connectivity index is 1.35. The smallest absolute Gasteiger partial charge is 0.229 e. The molecule has 1 aliphatic carbocycles. The summed E-state index contributed by atoms with van der Waals surface area (Å²) in [7, 11) is 0. The van der Waals surface area contributed by atoms with Gasteiger partial charge in [0.25, 0.3) is 0 Å². The van der Waals surface area contributed by atoms with Crippen LogP contribution in [0.4, 0.5) is 10.1 Å². The zero-order chi connectivity index (χ0) is 23.8. The first-order valence-electron chi connectivity index (χ1n) is 11.5. The van der Waals surface area contributed by atoms with Gasteiger partial charge in [0.1, 0.15) is 11.9 Å². The van der Waals surface area contributed by atoms with Crippen molar-refractivity contribution in [2.75, 3.05) is 0 Å². The maximum absolute atomic E-state index is 14.7. The molecule has 34 heavy (non-hydrogen) atoms. The van der Waals surface area contributed by atoms with E-state index >= 15 is 0 Å². The molecule has 0 spiro atoms. The summed E-state index contributed by atoms with van der Waals surface area (Å²) in [5.41, 5.74) is 2.37. The Morgan fingerprint density at radius 3 is 2.68 bits per heavy atom. The van der Waals surface area contributed by atoms with Crippen LogP contribution in [-0.2, 0) is 0 Å². The van der Waals surface area contributed by atoms with Crippen LogP contribution in [0.1, 0.15) is 68.8 Å². The number of aromatic nitrogens is 5. The van der Waals surface area contributed by atoms with Gasteiger partial charge < -0.3 is 9.26 Å². The molecule has 0 unspecified atom stereocenters. The van der Waals surface area contributed by atoms with Gasteiger partial charge in [-0.3, -0.25) is 0 Å². The van der Waals surface area contributed by atoms with E-state index in [9.17, 15) is 4.39 Å². The van der Waals surface area contributed by atoms with Gasteiger partial charge in [-0.25, -0.2) is 14.2 Å². The Morgan fingerprint density at radius 2 is 2.00 bits per heavy atom. The van der Waals surface area contributed by atoms with Gasteiger partial charge in [0.15, 0.2) is 17.2 Å². The van der Waals surface area contributed by atoms with Crippen LogP contribution < -0.4 is 4.74 Å². The summed E-state index contributed by atoms with van der Waals surface area (Å²) in [5, 5.41) is 8.68. The van der Waals surface area contributed by atoms with Gasteiger partial charge in [0.2, 0.25) is 11.8 Å². The summed E-state index contributed by atoms with van der Waals surface area (Å²) in [6.07, 6.45) is 5.19. The molecular weight excluding hydrogens is 435 g/mol. The maximum Gasteiger partial charge on any atom is 0.229 e. The number of rotatable bonds is 5. The van der Waals surface area contributed by atoms with Crippen LogP contribution in [0.15, 0.2) is 35.0 Å². The van der Waals surface area contributed by atoms with Crippen molar-refractivity contribution in [3.8, 4) is 17.0 Å². The highest BCUT2D eigenvalue weighted by Gasteiger charge is 2.29. The average Bonchev–Trinajstić information content (AvgIpc) is 3.45. The number of nitrogens with zero attached hydrogens (tertiary/aromatic N) is 6. The van der Waals surface area contributed by atoms with Crippen LogP contribution in [0, 0.1) is 19.3 Å². The van der Waals surface area contributed by atoms with Crippen molar-refractivity contribution in [2.45, 2.75) is 64.4 Å². The fourth-order valence-electron chi connectivity index (χ4n) is 4.46. The van der Waals surface area contributed by atoms with Gasteiger partial charge >= 0.3 is 0 Å². The summed E-state index contributed by atoms with van der Waals surface area (Å²) in [6, 6.07) is 6.21. The zero-order valence-electron chi connectivity index (χ0n) is 19.3. The molecule has 1 saturated carbocycles. The van der Waals surface area contributed by atoms with Gasteiger partial charge in [-0.15, -0.1) is 0 Å². The molecule has 0 atom stereocenters. The molecule has 3 heterocycles. The lowest BCUT2D eigenvalue weighted by Crippen LogP contribution is -2.24. The number of benzene rings is 1. The number of hydrogen-bond donors (Lipinski definition) is 0. The third-order valence-electron chi connectivity index (χ3n) is 6.29. The van der Waals surface area contributed by atoms with E-state index in [1.54, 1.807) is 28.9 Å². The van der Waals surface area contributed by atoms with Crippen LogP contribution in [0.2, 0.25) is 0 Å². The number of fused-ring (bicyclic) bond motifs is 1. The second kappa shape index (κ2) is 8.86. The van der Waals surface area contributed by atoms with Crippen molar-refractivity contribution in [2.24, 2.45) is 0 Å². The van der Waals surface area contributed by atoms with Gasteiger partial charge in [-0.1, -0.05) is 31.1 Å². The average molecular weight is 461 g/mol. The first-order chi connectivity index (χ1) is 16.4. The highest BCUT2D eigenvalue weighted by atomic mass is 19.1. The number of aryl methyl sites for hydroxylation is 1. The summed E-state index contributed by atoms with van der Waals surface area (Å²) >= 11 is 0. The second-order valence-electron chi connectivity index (χ2n) is 8.99. The predicted octanol–water partition coefficient (Wildman–Crippen LogP) is 6.01. The van der Waals surface area contributed by atoms with Crippen molar-refractivity contribution in [3.05, 3.63) is 65.1 Å². The van der Waals surface area contributed by atoms with Crippen LogP contribution >= 0.6 is 0 Å². The third kappa shape index (κ3) is 4.00. The number of halogens is 1. The van der Waals surface area contributed by atoms with Crippen molar-refractivity contribution >= 4 is 11.3 Å². The van der Waals surface area contributed by atoms with Gasteiger partial charge in [0, 0.05) is 29.7 Å². The van der Waals surface area contributed by atoms with Gasteiger partial charge in [-0.2, -0.15) is 14.6 Å². The van der Waals surface area contributed by atoms with Crippen molar-refractivity contribution in [3.63, 3.8) is 0 Å². The zero-order valence-corrected chi connectivity index (χ0v) is 19.3. The summed E-state index contributed by atoms with van der Waals surface area (Å²) in [5.74, 6) is 2.05. The van der Waals surface area contributed by atoms with E-state index in [1.807, 2.05) is 20.8 Å². The van der Waals surface area contributed by atoms with Crippen LogP contribution in [0.5, 0.6) is 5.88 Å². The molecule has 0 saturated heterocycles. The van der Waals surface area contributed by atoms with E-state index in [2.05, 4.69) is 25.1 Å². The lowest BCUT2D eigenvalue weighted by Gasteiger charge is -2.27. The molecule has 4 aromatic rings. The Morgan fingerprint density at radius 1 is 1.21 bits per heavy atom. The molecule has 1 aromatic carbocycles. The molecule has 0 amide bonds. The van der Waals surface area contributed by atoms with E-state index in [4.69, 9.17) is 15.8 Å². The highest BCUT2D eigenvalue weighted by Crippen LogP contribution is 2.36. The number of hydrogen-bond acceptors (Lipinski definition) is 6. The summed E-state index contributed by atoms with van der Waals surface area (Å²) in [4.78, 5) is 12.3. The molecule has 5 rings (SSSR count). The summed E-state index contributed by atoms with van der Waals surface area (Å²) in [6.45, 7) is 13.0. The van der Waals surface area contributed by atoms with E-state index in [0.29, 0.717) is 34.2 Å². The quantitative estimate of drug-likeness (QED) is 0.339. The Kier molecular flexibility index (Phi) is 5.74. The Bertz CT molecular complexity index is 1380. The fourth-order valence-corrected chi connectivity index (χ4v) is 4.46. The third-order valence-corrected chi connectivity index (χ3v) is 6.29. The SMILES string of the molecule is [C-]#[N+]c1ccc(-c2c(C)nn3c(OC4CCC(c5nc(C(C)C)no5)CC4)ccnc23)c(F)c1. The molecule has 0 radical (unpaired) electrons. The highest BCUT2D eigenvalue weighted by molar-refractivity contribution is 5.81. The standard InChI is InChI=1S/C25H25FN6O2/c1-14(2)23-29-25(34-31-23)16-5-8-18(9-6-16)33-21-11-12-28-24-22(15(3)30-32(21)24)19-10-7-17(27-4)13-20(19)26/h7,10-14,16,18H,5-6,8-9H2,1-3H3. The van der Waals surface area contributed by atoms with Crippen LogP contribution in [-0.4, -0.2) is 30.8 Å². The number of ether oxygens (including phenoxy) is 1. The lowest BCUT2D eigenvalue weighted by molar-refractivity contribution is 0.130. The fraction of sp³-hybridized carbons (Fsp3) is 0.400. The first-order valence-corrected chi connectivity index (χ1v) is 11.5. The van der Waals surface area contributed by atoms with E-state index in [1.165, 1.54) is 6.07 Å². The molecule has 0 N–H and O–H groups in total. The normalized spacial score (nSPS) is 18.4. The topological polar surface area (TPSA) is 82.7 Å². The summed E-state index contributed by atoms with van der Waals surface area (Å²) < 4.78 is 28.2. The van der Waals surface area contributed by atoms with E-state index in [0.717, 1.165) is 31.5 Å². The van der Waals surface area contributed by atoms with Crippen molar-refractivity contribution in [1.82, 2.24) is 24.7 Å². The lowest BCUT2D eigenvalue weighted by atomic mass is 9.87. The minimum atomic E-state index is -0.473. The van der Waals surface area contributed by atoms with Crippen molar-refractivity contribution in [1.29, 1.82) is 0 Å². The maximum atomic E-state index is 14.7. The van der Waals surface area contributed by atoms with Crippen LogP contribution in [0.25, 0.3) is 21.6 Å².